The first-order chi connectivity index (χ1) is 8.00. The van der Waals surface area contributed by atoms with E-state index >= 15 is 0 Å². The molecule has 0 amide bonds. The van der Waals surface area contributed by atoms with Crippen molar-refractivity contribution < 1.29 is 9.72 Å². The maximum Gasteiger partial charge on any atom is 0.269 e. The summed E-state index contributed by atoms with van der Waals surface area (Å²) in [6, 6.07) is 5.74. The number of carbonyl (C=O) groups excluding carboxylic acids is 1. The van der Waals surface area contributed by atoms with Gasteiger partial charge in [0, 0.05) is 17.7 Å². The van der Waals surface area contributed by atoms with E-state index in [1.165, 1.54) is 24.3 Å². The van der Waals surface area contributed by atoms with Crippen LogP contribution in [0.4, 0.5) is 5.69 Å². The molecule has 0 saturated heterocycles. The summed E-state index contributed by atoms with van der Waals surface area (Å²) in [5.74, 6) is 1.95. The molecule has 0 unspecified atom stereocenters. The van der Waals surface area contributed by atoms with E-state index in [9.17, 15) is 14.9 Å². The summed E-state index contributed by atoms with van der Waals surface area (Å²) in [5, 5.41) is 10.4. The van der Waals surface area contributed by atoms with Crippen molar-refractivity contribution in [2.75, 3.05) is 11.5 Å². The van der Waals surface area contributed by atoms with Crippen molar-refractivity contribution in [3.63, 3.8) is 0 Å². The SMILES string of the molecule is CC(C)CSCC(=O)c1ccc([N+](=O)[O-])cc1. The van der Waals surface area contributed by atoms with Crippen LogP contribution < -0.4 is 0 Å². The van der Waals surface area contributed by atoms with Gasteiger partial charge in [0.25, 0.3) is 5.69 Å². The predicted molar refractivity (Wildman–Crippen MR) is 69.6 cm³/mol. The number of rotatable bonds is 6. The third kappa shape index (κ3) is 4.56. The molecule has 0 aliphatic heterocycles. The average molecular weight is 253 g/mol. The van der Waals surface area contributed by atoms with Crippen LogP contribution in [0.2, 0.25) is 0 Å². The Morgan fingerprint density at radius 1 is 1.35 bits per heavy atom. The van der Waals surface area contributed by atoms with Gasteiger partial charge in [0.05, 0.1) is 10.7 Å². The van der Waals surface area contributed by atoms with Crippen LogP contribution in [0.5, 0.6) is 0 Å². The summed E-state index contributed by atoms with van der Waals surface area (Å²) in [5.41, 5.74) is 0.545. The molecule has 0 N–H and O–H groups in total. The number of hydrogen-bond donors (Lipinski definition) is 0. The first-order valence-electron chi connectivity index (χ1n) is 5.36. The van der Waals surface area contributed by atoms with Crippen LogP contribution in [-0.2, 0) is 0 Å². The summed E-state index contributed by atoms with van der Waals surface area (Å²) < 4.78 is 0. The van der Waals surface area contributed by atoms with E-state index in [2.05, 4.69) is 13.8 Å². The second-order valence-corrected chi connectivity index (χ2v) is 5.17. The van der Waals surface area contributed by atoms with Crippen molar-refractivity contribution >= 4 is 23.2 Å². The third-order valence-corrected chi connectivity index (χ3v) is 3.45. The second-order valence-electron chi connectivity index (χ2n) is 4.14. The molecule has 92 valence electrons. The molecule has 5 heteroatoms. The van der Waals surface area contributed by atoms with Gasteiger partial charge in [-0.2, -0.15) is 11.8 Å². The van der Waals surface area contributed by atoms with E-state index < -0.39 is 4.92 Å². The molecule has 4 nitrogen and oxygen atoms in total. The summed E-state index contributed by atoms with van der Waals surface area (Å²) in [4.78, 5) is 21.7. The van der Waals surface area contributed by atoms with E-state index in [-0.39, 0.29) is 11.5 Å². The number of ketones is 1. The van der Waals surface area contributed by atoms with Crippen LogP contribution in [0.15, 0.2) is 24.3 Å². The Hall–Kier alpha value is -1.36. The van der Waals surface area contributed by atoms with Crippen molar-refractivity contribution in [3.05, 3.63) is 39.9 Å². The zero-order valence-electron chi connectivity index (χ0n) is 9.88. The Kier molecular flexibility index (Phi) is 5.15. The zero-order valence-corrected chi connectivity index (χ0v) is 10.7. The van der Waals surface area contributed by atoms with E-state index in [4.69, 9.17) is 0 Å². The molecule has 1 aromatic rings. The number of carbonyl (C=O) groups is 1. The van der Waals surface area contributed by atoms with Crippen molar-refractivity contribution in [2.45, 2.75) is 13.8 Å². The van der Waals surface area contributed by atoms with E-state index in [1.807, 2.05) is 0 Å². The van der Waals surface area contributed by atoms with Crippen LogP contribution in [-0.4, -0.2) is 22.2 Å². The van der Waals surface area contributed by atoms with Crippen LogP contribution >= 0.6 is 11.8 Å². The van der Waals surface area contributed by atoms with Crippen molar-refractivity contribution in [1.29, 1.82) is 0 Å². The molecule has 0 saturated carbocycles. The summed E-state index contributed by atoms with van der Waals surface area (Å²) >= 11 is 1.59. The van der Waals surface area contributed by atoms with Crippen molar-refractivity contribution in [1.82, 2.24) is 0 Å². The first-order valence-corrected chi connectivity index (χ1v) is 6.51. The van der Waals surface area contributed by atoms with E-state index in [0.717, 1.165) is 5.75 Å². The summed E-state index contributed by atoms with van der Waals surface area (Å²) in [6.45, 7) is 4.20. The Morgan fingerprint density at radius 3 is 2.41 bits per heavy atom. The normalized spacial score (nSPS) is 10.5. The largest absolute Gasteiger partial charge is 0.293 e. The molecule has 0 aliphatic carbocycles. The number of non-ortho nitro benzene ring substituents is 1. The lowest BCUT2D eigenvalue weighted by molar-refractivity contribution is -0.384. The summed E-state index contributed by atoms with van der Waals surface area (Å²) in [6.07, 6.45) is 0. The quantitative estimate of drug-likeness (QED) is 0.444. The van der Waals surface area contributed by atoms with Gasteiger partial charge in [-0.1, -0.05) is 13.8 Å². The molecular weight excluding hydrogens is 238 g/mol. The third-order valence-electron chi connectivity index (χ3n) is 2.08. The highest BCUT2D eigenvalue weighted by molar-refractivity contribution is 7.99. The van der Waals surface area contributed by atoms with Gasteiger partial charge in [-0.05, 0) is 23.8 Å². The lowest BCUT2D eigenvalue weighted by Crippen LogP contribution is -2.04. The first kappa shape index (κ1) is 13.7. The molecule has 0 aliphatic rings. The van der Waals surface area contributed by atoms with Crippen LogP contribution in [0.1, 0.15) is 24.2 Å². The van der Waals surface area contributed by atoms with Gasteiger partial charge in [0.15, 0.2) is 5.78 Å². The minimum Gasteiger partial charge on any atom is -0.293 e. The molecule has 0 fully saturated rings. The second kappa shape index (κ2) is 6.39. The van der Waals surface area contributed by atoms with Gasteiger partial charge in [0.1, 0.15) is 0 Å². The van der Waals surface area contributed by atoms with Gasteiger partial charge in [-0.15, -0.1) is 0 Å². The minimum absolute atomic E-state index is 0.0105. The standard InChI is InChI=1S/C12H15NO3S/c1-9(2)7-17-8-12(14)10-3-5-11(6-4-10)13(15)16/h3-6,9H,7-8H2,1-2H3. The fourth-order valence-electron chi connectivity index (χ4n) is 1.24. The number of hydrogen-bond acceptors (Lipinski definition) is 4. The number of Topliss-reactive ketones (excluding diaryl/α,β-unsaturated/α-hetero) is 1. The molecule has 0 aromatic heterocycles. The number of benzene rings is 1. The number of nitrogens with zero attached hydrogens (tertiary/aromatic N) is 1. The maximum atomic E-state index is 11.7. The van der Waals surface area contributed by atoms with Gasteiger partial charge in [-0.25, -0.2) is 0 Å². The van der Waals surface area contributed by atoms with Crippen molar-refractivity contribution in [3.8, 4) is 0 Å². The molecule has 0 radical (unpaired) electrons. The molecule has 0 bridgehead atoms. The zero-order chi connectivity index (χ0) is 12.8. The minimum atomic E-state index is -0.470. The maximum absolute atomic E-state index is 11.7. The Labute approximate surface area is 105 Å². The predicted octanol–water partition coefficient (Wildman–Crippen LogP) is 3.17. The molecule has 0 heterocycles. The number of nitro groups is 1. The summed E-state index contributed by atoms with van der Waals surface area (Å²) in [7, 11) is 0. The van der Waals surface area contributed by atoms with E-state index in [0.29, 0.717) is 17.2 Å². The van der Waals surface area contributed by atoms with Gasteiger partial charge in [-0.3, -0.25) is 14.9 Å². The molecule has 17 heavy (non-hydrogen) atoms. The van der Waals surface area contributed by atoms with E-state index in [1.54, 1.807) is 11.8 Å². The van der Waals surface area contributed by atoms with Gasteiger partial charge < -0.3 is 0 Å². The highest BCUT2D eigenvalue weighted by Crippen LogP contribution is 2.15. The topological polar surface area (TPSA) is 60.2 Å². The fraction of sp³-hybridized carbons (Fsp3) is 0.417. The number of thioether (sulfide) groups is 1. The van der Waals surface area contributed by atoms with Gasteiger partial charge in [0.2, 0.25) is 0 Å². The molecular formula is C12H15NO3S. The van der Waals surface area contributed by atoms with Crippen LogP contribution in [0.25, 0.3) is 0 Å². The monoisotopic (exact) mass is 253 g/mol. The molecule has 1 aromatic carbocycles. The highest BCUT2D eigenvalue weighted by atomic mass is 32.2. The molecule has 0 atom stereocenters. The molecule has 1 rings (SSSR count). The number of nitro benzene ring substituents is 1. The van der Waals surface area contributed by atoms with Gasteiger partial charge >= 0.3 is 0 Å². The fourth-order valence-corrected chi connectivity index (χ4v) is 2.18. The average Bonchev–Trinajstić information content (AvgIpc) is 2.28. The lowest BCUT2D eigenvalue weighted by Gasteiger charge is -2.03. The lowest BCUT2D eigenvalue weighted by atomic mass is 10.1. The highest BCUT2D eigenvalue weighted by Gasteiger charge is 2.09. The Bertz CT molecular complexity index is 401. The smallest absolute Gasteiger partial charge is 0.269 e. The Balaban J connectivity index is 2.55. The molecule has 0 spiro atoms. The van der Waals surface area contributed by atoms with Crippen LogP contribution in [0, 0.1) is 16.0 Å². The Morgan fingerprint density at radius 2 is 1.94 bits per heavy atom. The van der Waals surface area contributed by atoms with Crippen molar-refractivity contribution in [2.24, 2.45) is 5.92 Å². The van der Waals surface area contributed by atoms with Crippen LogP contribution in [0.3, 0.4) is 0 Å².